The first-order chi connectivity index (χ1) is 9.20. The van der Waals surface area contributed by atoms with Gasteiger partial charge in [0.25, 0.3) is 0 Å². The third kappa shape index (κ3) is 4.18. The Balaban J connectivity index is 2.05. The number of aryl methyl sites for hydroxylation is 1. The first kappa shape index (κ1) is 14.8. The highest BCUT2D eigenvalue weighted by Gasteiger charge is 2.11. The predicted octanol–water partition coefficient (Wildman–Crippen LogP) is 4.08. The van der Waals surface area contributed by atoms with Gasteiger partial charge in [-0.3, -0.25) is 11.3 Å². The van der Waals surface area contributed by atoms with Crippen LogP contribution in [0.25, 0.3) is 0 Å². The molecule has 100 valence electrons. The minimum Gasteiger partial charge on any atom is -0.271 e. The maximum absolute atomic E-state index is 6.16. The molecule has 2 nitrogen and oxygen atoms in total. The maximum atomic E-state index is 6.16. The summed E-state index contributed by atoms with van der Waals surface area (Å²) in [5.41, 5.74) is 5.32. The molecule has 0 saturated carbocycles. The van der Waals surface area contributed by atoms with Crippen LogP contribution in [0.3, 0.4) is 0 Å². The Morgan fingerprint density at radius 2 is 1.89 bits per heavy atom. The van der Waals surface area contributed by atoms with Gasteiger partial charge >= 0.3 is 0 Å². The molecule has 0 heterocycles. The summed E-state index contributed by atoms with van der Waals surface area (Å²) in [6, 6.07) is 16.6. The molecule has 1 unspecified atom stereocenters. The molecule has 0 bridgehead atoms. The number of hydrogen-bond acceptors (Lipinski definition) is 2. The van der Waals surface area contributed by atoms with Crippen LogP contribution >= 0.6 is 34.2 Å². The van der Waals surface area contributed by atoms with Gasteiger partial charge < -0.3 is 0 Å². The molecule has 0 fully saturated rings. The van der Waals surface area contributed by atoms with Crippen molar-refractivity contribution in [2.45, 2.75) is 18.9 Å². The molecule has 0 radical (unpaired) electrons. The summed E-state index contributed by atoms with van der Waals surface area (Å²) in [7, 11) is 0. The highest BCUT2D eigenvalue weighted by atomic mass is 127. The number of hydrazine groups is 1. The fraction of sp³-hybridized carbons (Fsp3) is 0.200. The second kappa shape index (κ2) is 7.24. The molecule has 0 aromatic heterocycles. The molecule has 4 heteroatoms. The van der Waals surface area contributed by atoms with Gasteiger partial charge in [0.05, 0.1) is 5.02 Å². The summed E-state index contributed by atoms with van der Waals surface area (Å²) >= 11 is 8.38. The molecule has 2 rings (SSSR count). The molecule has 0 saturated heterocycles. The zero-order valence-electron chi connectivity index (χ0n) is 10.4. The maximum Gasteiger partial charge on any atom is 0.0542 e. The van der Waals surface area contributed by atoms with Crippen molar-refractivity contribution in [3.63, 3.8) is 0 Å². The Kier molecular flexibility index (Phi) is 5.63. The first-order valence-corrected chi connectivity index (χ1v) is 7.61. The van der Waals surface area contributed by atoms with Crippen LogP contribution in [0.15, 0.2) is 48.5 Å². The number of benzene rings is 2. The summed E-state index contributed by atoms with van der Waals surface area (Å²) in [5, 5.41) is 0.776. The van der Waals surface area contributed by atoms with Crippen molar-refractivity contribution in [1.82, 2.24) is 5.43 Å². The van der Waals surface area contributed by atoms with Gasteiger partial charge in [0, 0.05) is 9.61 Å². The van der Waals surface area contributed by atoms with Crippen LogP contribution in [0.5, 0.6) is 0 Å². The van der Waals surface area contributed by atoms with Crippen LogP contribution in [0, 0.1) is 3.57 Å². The zero-order valence-corrected chi connectivity index (χ0v) is 13.4. The van der Waals surface area contributed by atoms with E-state index < -0.39 is 0 Å². The van der Waals surface area contributed by atoms with Crippen LogP contribution in [0.4, 0.5) is 0 Å². The van der Waals surface area contributed by atoms with E-state index in [0.717, 1.165) is 27.0 Å². The number of nitrogens with two attached hydrogens (primary N) is 1. The quantitative estimate of drug-likeness (QED) is 0.462. The van der Waals surface area contributed by atoms with Crippen LogP contribution in [0.2, 0.25) is 5.02 Å². The Bertz CT molecular complexity index is 531. The Labute approximate surface area is 132 Å². The summed E-state index contributed by atoms with van der Waals surface area (Å²) in [4.78, 5) is 0. The molecule has 2 aromatic carbocycles. The van der Waals surface area contributed by atoms with E-state index in [1.807, 2.05) is 18.2 Å². The highest BCUT2D eigenvalue weighted by molar-refractivity contribution is 14.1. The van der Waals surface area contributed by atoms with Gasteiger partial charge in [-0.1, -0.05) is 48.0 Å². The van der Waals surface area contributed by atoms with Crippen molar-refractivity contribution in [2.24, 2.45) is 5.84 Å². The number of nitrogens with one attached hydrogen (secondary N) is 1. The van der Waals surface area contributed by atoms with Crippen LogP contribution < -0.4 is 11.3 Å². The van der Waals surface area contributed by atoms with E-state index in [-0.39, 0.29) is 6.04 Å². The van der Waals surface area contributed by atoms with Gasteiger partial charge in [0.2, 0.25) is 0 Å². The highest BCUT2D eigenvalue weighted by Crippen LogP contribution is 2.25. The largest absolute Gasteiger partial charge is 0.271 e. The van der Waals surface area contributed by atoms with Crippen molar-refractivity contribution < 1.29 is 0 Å². The van der Waals surface area contributed by atoms with E-state index in [1.165, 1.54) is 5.56 Å². The number of halogens is 2. The van der Waals surface area contributed by atoms with Crippen molar-refractivity contribution in [1.29, 1.82) is 0 Å². The lowest BCUT2D eigenvalue weighted by Crippen LogP contribution is -2.28. The Hall–Kier alpha value is -0.620. The molecule has 0 aliphatic heterocycles. The first-order valence-electron chi connectivity index (χ1n) is 6.15. The SMILES string of the molecule is NNC(CCc1ccccc1)c1ccc(I)c(Cl)c1. The van der Waals surface area contributed by atoms with Gasteiger partial charge in [0.1, 0.15) is 0 Å². The van der Waals surface area contributed by atoms with Gasteiger partial charge in [-0.05, 0) is 58.7 Å². The minimum atomic E-state index is 0.120. The van der Waals surface area contributed by atoms with E-state index in [4.69, 9.17) is 17.4 Å². The van der Waals surface area contributed by atoms with Crippen molar-refractivity contribution in [3.05, 3.63) is 68.3 Å². The summed E-state index contributed by atoms with van der Waals surface area (Å²) < 4.78 is 1.06. The normalized spacial score (nSPS) is 12.4. The van der Waals surface area contributed by atoms with E-state index in [2.05, 4.69) is 58.3 Å². The smallest absolute Gasteiger partial charge is 0.0542 e. The number of rotatable bonds is 5. The predicted molar refractivity (Wildman–Crippen MR) is 89.0 cm³/mol. The molecular weight excluding hydrogens is 371 g/mol. The van der Waals surface area contributed by atoms with Gasteiger partial charge in [0.15, 0.2) is 0 Å². The molecule has 0 amide bonds. The van der Waals surface area contributed by atoms with Crippen molar-refractivity contribution >= 4 is 34.2 Å². The molecule has 0 spiro atoms. The lowest BCUT2D eigenvalue weighted by Gasteiger charge is -2.17. The Morgan fingerprint density at radius 1 is 1.16 bits per heavy atom. The second-order valence-corrected chi connectivity index (χ2v) is 5.99. The topological polar surface area (TPSA) is 38.0 Å². The zero-order chi connectivity index (χ0) is 13.7. The van der Waals surface area contributed by atoms with Crippen molar-refractivity contribution in [3.8, 4) is 0 Å². The van der Waals surface area contributed by atoms with E-state index >= 15 is 0 Å². The average molecular weight is 387 g/mol. The summed E-state index contributed by atoms with van der Waals surface area (Å²) in [6.45, 7) is 0. The third-order valence-electron chi connectivity index (χ3n) is 3.11. The molecular formula is C15H16ClIN2. The fourth-order valence-electron chi connectivity index (χ4n) is 2.03. The molecule has 19 heavy (non-hydrogen) atoms. The number of hydrogen-bond donors (Lipinski definition) is 2. The van der Waals surface area contributed by atoms with Crippen molar-refractivity contribution in [2.75, 3.05) is 0 Å². The summed E-state index contributed by atoms with van der Waals surface area (Å²) in [6.07, 6.45) is 1.93. The molecule has 3 N–H and O–H groups in total. The monoisotopic (exact) mass is 386 g/mol. The van der Waals surface area contributed by atoms with Gasteiger partial charge in [-0.15, -0.1) is 0 Å². The van der Waals surface area contributed by atoms with Crippen LogP contribution in [0.1, 0.15) is 23.6 Å². The molecule has 2 aromatic rings. The standard InChI is InChI=1S/C15H16ClIN2/c16-13-10-12(7-8-14(13)17)15(19-18)9-6-11-4-2-1-3-5-11/h1-5,7-8,10,15,19H,6,9,18H2. The molecule has 0 aliphatic rings. The lowest BCUT2D eigenvalue weighted by atomic mass is 9.99. The molecule has 0 aliphatic carbocycles. The van der Waals surface area contributed by atoms with E-state index in [0.29, 0.717) is 0 Å². The lowest BCUT2D eigenvalue weighted by molar-refractivity contribution is 0.516. The molecule has 1 atom stereocenters. The summed E-state index contributed by atoms with van der Waals surface area (Å²) in [5.74, 6) is 5.66. The minimum absolute atomic E-state index is 0.120. The van der Waals surface area contributed by atoms with E-state index in [1.54, 1.807) is 0 Å². The van der Waals surface area contributed by atoms with Gasteiger partial charge in [-0.25, -0.2) is 0 Å². The van der Waals surface area contributed by atoms with Crippen LogP contribution in [-0.2, 0) is 6.42 Å². The van der Waals surface area contributed by atoms with Gasteiger partial charge in [-0.2, -0.15) is 0 Å². The van der Waals surface area contributed by atoms with Crippen LogP contribution in [-0.4, -0.2) is 0 Å². The third-order valence-corrected chi connectivity index (χ3v) is 4.68. The van der Waals surface area contributed by atoms with E-state index in [9.17, 15) is 0 Å². The second-order valence-electron chi connectivity index (χ2n) is 4.42. The Morgan fingerprint density at radius 3 is 2.53 bits per heavy atom. The fourth-order valence-corrected chi connectivity index (χ4v) is 2.56. The average Bonchev–Trinajstić information content (AvgIpc) is 2.44.